The van der Waals surface area contributed by atoms with Crippen LogP contribution in [0.25, 0.3) is 10.4 Å². The van der Waals surface area contributed by atoms with Crippen LogP contribution >= 0.6 is 11.3 Å². The van der Waals surface area contributed by atoms with Crippen LogP contribution in [0, 0.1) is 6.92 Å². The summed E-state index contributed by atoms with van der Waals surface area (Å²) in [6.45, 7) is 6.34. The van der Waals surface area contributed by atoms with Gasteiger partial charge in [-0.25, -0.2) is 8.42 Å². The van der Waals surface area contributed by atoms with Gasteiger partial charge in [-0.2, -0.15) is 0 Å². The number of methoxy groups -OCH3 is 1. The number of hydrogen-bond donors (Lipinski definition) is 0. The van der Waals surface area contributed by atoms with Gasteiger partial charge in [0, 0.05) is 4.88 Å². The van der Waals surface area contributed by atoms with E-state index in [1.54, 1.807) is 42.7 Å². The Morgan fingerprint density at radius 2 is 1.70 bits per heavy atom. The molecule has 3 aromatic rings. The third-order valence-corrected chi connectivity index (χ3v) is 7.17. The summed E-state index contributed by atoms with van der Waals surface area (Å²) in [4.78, 5) is 2.37. The summed E-state index contributed by atoms with van der Waals surface area (Å²) < 4.78 is 33.2. The topological polar surface area (TPSA) is 46.6 Å². The fourth-order valence-corrected chi connectivity index (χ4v) is 5.67. The molecule has 2 aromatic carbocycles. The number of fused-ring (bicyclic) bond motifs is 3. The normalized spacial score (nSPS) is 12.5. The van der Waals surface area contributed by atoms with E-state index in [1.807, 2.05) is 45.0 Å². The maximum absolute atomic E-state index is 13.3. The quantitative estimate of drug-likeness (QED) is 0.585. The van der Waals surface area contributed by atoms with Crippen LogP contribution in [-0.4, -0.2) is 15.5 Å². The van der Waals surface area contributed by atoms with Gasteiger partial charge in [0.2, 0.25) is 0 Å². The molecule has 1 aromatic heterocycles. The van der Waals surface area contributed by atoms with Gasteiger partial charge in [0.25, 0.3) is 10.0 Å². The van der Waals surface area contributed by atoms with E-state index in [0.29, 0.717) is 12.3 Å². The molecule has 4 rings (SSSR count). The molecule has 4 nitrogen and oxygen atoms in total. The van der Waals surface area contributed by atoms with Gasteiger partial charge in [-0.1, -0.05) is 38.1 Å². The number of rotatable bonds is 3. The molecule has 27 heavy (non-hydrogen) atoms. The zero-order chi connectivity index (χ0) is 19.6. The van der Waals surface area contributed by atoms with Gasteiger partial charge in [0.1, 0.15) is 5.75 Å². The number of benzene rings is 2. The van der Waals surface area contributed by atoms with E-state index in [0.717, 1.165) is 26.6 Å². The monoisotopic (exact) mass is 401 g/mol. The molecule has 6 heteroatoms. The molecule has 0 bridgehead atoms. The minimum absolute atomic E-state index is 0.266. The smallest absolute Gasteiger partial charge is 0.264 e. The summed E-state index contributed by atoms with van der Waals surface area (Å²) in [5, 5.41) is 0. The van der Waals surface area contributed by atoms with Crippen molar-refractivity contribution in [1.82, 2.24) is 0 Å². The Bertz CT molecular complexity index is 1040. The number of thiophene rings is 1. The van der Waals surface area contributed by atoms with Gasteiger partial charge in [0.05, 0.1) is 29.1 Å². The zero-order valence-electron chi connectivity index (χ0n) is 15.9. The average Bonchev–Trinajstić information content (AvgIpc) is 3.10. The van der Waals surface area contributed by atoms with Crippen molar-refractivity contribution in [2.75, 3.05) is 11.4 Å². The Labute approximate surface area is 165 Å². The molecule has 0 aliphatic carbocycles. The van der Waals surface area contributed by atoms with Gasteiger partial charge in [0.15, 0.2) is 0 Å². The SMILES string of the molecule is CC.COc1ccc(S(=O)(=O)N2Cc3ccccc3-c3sc(C)cc32)cc1. The van der Waals surface area contributed by atoms with E-state index in [1.165, 1.54) is 4.31 Å². The summed E-state index contributed by atoms with van der Waals surface area (Å²) in [6.07, 6.45) is 0. The van der Waals surface area contributed by atoms with Crippen molar-refractivity contribution >= 4 is 27.0 Å². The van der Waals surface area contributed by atoms with Crippen molar-refractivity contribution in [2.45, 2.75) is 32.2 Å². The first kappa shape index (κ1) is 19.5. The van der Waals surface area contributed by atoms with Gasteiger partial charge in [-0.3, -0.25) is 4.31 Å². The van der Waals surface area contributed by atoms with Gasteiger partial charge in [-0.15, -0.1) is 11.3 Å². The Hall–Kier alpha value is -2.31. The van der Waals surface area contributed by atoms with Crippen LogP contribution in [0.5, 0.6) is 5.75 Å². The Morgan fingerprint density at radius 1 is 1.04 bits per heavy atom. The average molecular weight is 402 g/mol. The second-order valence-corrected chi connectivity index (χ2v) is 9.03. The maximum Gasteiger partial charge on any atom is 0.264 e. The summed E-state index contributed by atoms with van der Waals surface area (Å²) in [5.74, 6) is 0.634. The fraction of sp³-hybridized carbons (Fsp3) is 0.238. The van der Waals surface area contributed by atoms with Crippen molar-refractivity contribution < 1.29 is 13.2 Å². The highest BCUT2D eigenvalue weighted by atomic mass is 32.2. The van der Waals surface area contributed by atoms with Crippen LogP contribution in [0.4, 0.5) is 5.69 Å². The van der Waals surface area contributed by atoms with Crippen molar-refractivity contribution in [2.24, 2.45) is 0 Å². The third-order valence-electron chi connectivity index (χ3n) is 4.33. The fourth-order valence-electron chi connectivity index (χ4n) is 3.09. The number of sulfonamides is 1. The van der Waals surface area contributed by atoms with Crippen molar-refractivity contribution in [1.29, 1.82) is 0 Å². The van der Waals surface area contributed by atoms with Crippen LogP contribution in [0.15, 0.2) is 59.5 Å². The number of hydrogen-bond acceptors (Lipinski definition) is 4. The molecule has 1 aliphatic heterocycles. The Kier molecular flexibility index (Phi) is 5.58. The summed E-state index contributed by atoms with van der Waals surface area (Å²) in [6, 6.07) is 16.5. The molecule has 0 unspecified atom stereocenters. The lowest BCUT2D eigenvalue weighted by molar-refractivity contribution is 0.414. The first-order valence-electron chi connectivity index (χ1n) is 8.86. The molecule has 0 saturated carbocycles. The molecule has 0 atom stereocenters. The van der Waals surface area contributed by atoms with E-state index in [2.05, 4.69) is 6.07 Å². The van der Waals surface area contributed by atoms with E-state index < -0.39 is 10.0 Å². The zero-order valence-corrected chi connectivity index (χ0v) is 17.5. The van der Waals surface area contributed by atoms with E-state index in [9.17, 15) is 8.42 Å². The van der Waals surface area contributed by atoms with Crippen LogP contribution in [0.2, 0.25) is 0 Å². The highest BCUT2D eigenvalue weighted by molar-refractivity contribution is 7.92. The van der Waals surface area contributed by atoms with Crippen LogP contribution < -0.4 is 9.04 Å². The highest BCUT2D eigenvalue weighted by Crippen LogP contribution is 2.46. The third kappa shape index (κ3) is 3.47. The minimum Gasteiger partial charge on any atom is -0.497 e. The van der Waals surface area contributed by atoms with Crippen LogP contribution in [0.1, 0.15) is 24.3 Å². The molecular formula is C21H23NO3S2. The molecule has 2 heterocycles. The maximum atomic E-state index is 13.3. The van der Waals surface area contributed by atoms with Gasteiger partial charge < -0.3 is 4.74 Å². The van der Waals surface area contributed by atoms with E-state index in [-0.39, 0.29) is 4.90 Å². The summed E-state index contributed by atoms with van der Waals surface area (Å²) >= 11 is 1.63. The molecule has 142 valence electrons. The van der Waals surface area contributed by atoms with Crippen molar-refractivity contribution in [3.05, 3.63) is 65.0 Å². The molecule has 0 radical (unpaired) electrons. The molecular weight excluding hydrogens is 378 g/mol. The van der Waals surface area contributed by atoms with Crippen LogP contribution in [-0.2, 0) is 16.6 Å². The lowest BCUT2D eigenvalue weighted by Crippen LogP contribution is -2.32. The molecule has 1 aliphatic rings. The Morgan fingerprint density at radius 3 is 2.37 bits per heavy atom. The molecule has 0 amide bonds. The van der Waals surface area contributed by atoms with E-state index >= 15 is 0 Å². The first-order chi connectivity index (χ1) is 13.0. The standard InChI is InChI=1S/C19H17NO3S2.C2H6/c1-13-11-18-19(24-13)17-6-4-3-5-14(17)12-20(18)25(21,22)16-9-7-15(23-2)8-10-16;1-2/h3-11H,12H2,1-2H3;1-2H3. The largest absolute Gasteiger partial charge is 0.497 e. The second kappa shape index (κ2) is 7.74. The number of nitrogens with zero attached hydrogens (tertiary/aromatic N) is 1. The summed E-state index contributed by atoms with van der Waals surface area (Å²) in [7, 11) is -2.08. The number of ether oxygens (including phenoxy) is 1. The molecule has 0 fully saturated rings. The molecule has 0 saturated heterocycles. The minimum atomic E-state index is -3.65. The first-order valence-corrected chi connectivity index (χ1v) is 11.1. The summed E-state index contributed by atoms with van der Waals surface area (Å²) in [5.41, 5.74) is 2.91. The predicted octanol–water partition coefficient (Wildman–Crippen LogP) is 5.47. The second-order valence-electron chi connectivity index (χ2n) is 5.92. The lowest BCUT2D eigenvalue weighted by atomic mass is 10.0. The highest BCUT2D eigenvalue weighted by Gasteiger charge is 2.33. The predicted molar refractivity (Wildman–Crippen MR) is 112 cm³/mol. The molecule has 0 N–H and O–H groups in total. The van der Waals surface area contributed by atoms with E-state index in [4.69, 9.17) is 4.74 Å². The number of anilines is 1. The van der Waals surface area contributed by atoms with Gasteiger partial charge in [-0.05, 0) is 48.4 Å². The van der Waals surface area contributed by atoms with Gasteiger partial charge >= 0.3 is 0 Å². The lowest BCUT2D eigenvalue weighted by Gasteiger charge is -2.30. The molecule has 0 spiro atoms. The van der Waals surface area contributed by atoms with Crippen LogP contribution in [0.3, 0.4) is 0 Å². The number of aryl methyl sites for hydroxylation is 1. The van der Waals surface area contributed by atoms with Crippen molar-refractivity contribution in [3.8, 4) is 16.2 Å². The Balaban J connectivity index is 0.00000102. The van der Waals surface area contributed by atoms with Crippen molar-refractivity contribution in [3.63, 3.8) is 0 Å².